The molecule has 18 heavy (non-hydrogen) atoms. The molecular formula is C15H16N2S. The largest absolute Gasteiger partial charge is 0.319 e. The normalized spacial score (nSPS) is 25.7. The molecule has 92 valence electrons. The van der Waals surface area contributed by atoms with Crippen molar-refractivity contribution >= 4 is 17.4 Å². The van der Waals surface area contributed by atoms with Crippen LogP contribution in [0.1, 0.15) is 25.7 Å². The zero-order valence-electron chi connectivity index (χ0n) is 10.2. The topological polar surface area (TPSA) is 6.48 Å². The summed E-state index contributed by atoms with van der Waals surface area (Å²) in [5.74, 6) is 0. The minimum absolute atomic E-state index is 0.426. The minimum atomic E-state index is 0.426. The van der Waals surface area contributed by atoms with Gasteiger partial charge in [-0.1, -0.05) is 30.0 Å². The number of thioether (sulfide) groups is 1. The van der Waals surface area contributed by atoms with Crippen LogP contribution in [0.25, 0.3) is 0 Å². The lowest BCUT2D eigenvalue weighted by Crippen LogP contribution is -2.31. The molecule has 0 saturated heterocycles. The van der Waals surface area contributed by atoms with E-state index in [1.54, 1.807) is 10.6 Å². The van der Waals surface area contributed by atoms with E-state index in [0.29, 0.717) is 5.50 Å². The average molecular weight is 256 g/mol. The highest BCUT2D eigenvalue weighted by Gasteiger charge is 2.38. The average Bonchev–Trinajstić information content (AvgIpc) is 2.98. The van der Waals surface area contributed by atoms with E-state index in [4.69, 9.17) is 0 Å². The van der Waals surface area contributed by atoms with Gasteiger partial charge in [0.05, 0.1) is 0 Å². The molecule has 2 heterocycles. The van der Waals surface area contributed by atoms with Crippen molar-refractivity contribution in [2.75, 3.05) is 4.90 Å². The van der Waals surface area contributed by atoms with Crippen molar-refractivity contribution in [2.24, 2.45) is 0 Å². The van der Waals surface area contributed by atoms with Crippen molar-refractivity contribution in [3.05, 3.63) is 53.3 Å². The fourth-order valence-electron chi connectivity index (χ4n) is 2.96. The number of para-hydroxylation sites is 1. The van der Waals surface area contributed by atoms with Crippen molar-refractivity contribution in [3.8, 4) is 0 Å². The molecule has 0 saturated carbocycles. The number of fused-ring (bicyclic) bond motifs is 2. The summed E-state index contributed by atoms with van der Waals surface area (Å²) in [5, 5.41) is 0. The highest BCUT2D eigenvalue weighted by molar-refractivity contribution is 8.04. The molecular weight excluding hydrogens is 240 g/mol. The SMILES string of the molecule is C1=CN(c2ccccc2)C2SC3=C(CCCC3)N12. The Balaban J connectivity index is 1.65. The standard InChI is InChI=1S/C15H16N2S/c1-2-6-12(7-3-1)16-10-11-17-13-8-4-5-9-14(13)18-15(16)17/h1-3,6-7,10-11,15H,4-5,8-9H2. The molecule has 1 unspecified atom stereocenters. The third-order valence-corrected chi connectivity index (χ3v) is 5.26. The lowest BCUT2D eigenvalue weighted by molar-refractivity contribution is 0.441. The summed E-state index contributed by atoms with van der Waals surface area (Å²) in [5.41, 5.74) is 3.29. The van der Waals surface area contributed by atoms with Gasteiger partial charge in [0.2, 0.25) is 0 Å². The minimum Gasteiger partial charge on any atom is -0.319 e. The third-order valence-electron chi connectivity index (χ3n) is 3.87. The highest BCUT2D eigenvalue weighted by atomic mass is 32.2. The third kappa shape index (κ3) is 1.50. The fraction of sp³-hybridized carbons (Fsp3) is 0.333. The summed E-state index contributed by atoms with van der Waals surface area (Å²) in [4.78, 5) is 6.46. The van der Waals surface area contributed by atoms with E-state index in [2.05, 4.69) is 52.5 Å². The van der Waals surface area contributed by atoms with Gasteiger partial charge in [0.1, 0.15) is 0 Å². The molecule has 0 aromatic heterocycles. The number of allylic oxidation sites excluding steroid dienone is 2. The lowest BCUT2D eigenvalue weighted by atomic mass is 10.0. The van der Waals surface area contributed by atoms with E-state index < -0.39 is 0 Å². The first-order chi connectivity index (χ1) is 8.93. The summed E-state index contributed by atoms with van der Waals surface area (Å²) in [6, 6.07) is 10.7. The summed E-state index contributed by atoms with van der Waals surface area (Å²) < 4.78 is 0. The van der Waals surface area contributed by atoms with Crippen molar-refractivity contribution in [1.29, 1.82) is 0 Å². The van der Waals surface area contributed by atoms with Crippen LogP contribution in [-0.2, 0) is 0 Å². The van der Waals surface area contributed by atoms with E-state index in [0.717, 1.165) is 0 Å². The molecule has 2 nitrogen and oxygen atoms in total. The maximum absolute atomic E-state index is 2.46. The second-order valence-corrected chi connectivity index (χ2v) is 6.12. The van der Waals surface area contributed by atoms with Crippen LogP contribution in [0.15, 0.2) is 53.3 Å². The number of hydrogen-bond acceptors (Lipinski definition) is 3. The first-order valence-corrected chi connectivity index (χ1v) is 7.50. The van der Waals surface area contributed by atoms with E-state index in [9.17, 15) is 0 Å². The summed E-state index contributed by atoms with van der Waals surface area (Å²) in [6.07, 6.45) is 9.71. The van der Waals surface area contributed by atoms with Crippen LogP contribution in [0, 0.1) is 0 Å². The zero-order chi connectivity index (χ0) is 11.9. The van der Waals surface area contributed by atoms with Crippen molar-refractivity contribution in [1.82, 2.24) is 4.90 Å². The molecule has 2 aliphatic heterocycles. The molecule has 0 N–H and O–H groups in total. The Bertz CT molecular complexity index is 521. The van der Waals surface area contributed by atoms with Gasteiger partial charge < -0.3 is 9.80 Å². The van der Waals surface area contributed by atoms with Gasteiger partial charge >= 0.3 is 0 Å². The summed E-state index contributed by atoms with van der Waals surface area (Å²) in [7, 11) is 0. The quantitative estimate of drug-likeness (QED) is 0.747. The number of rotatable bonds is 1. The highest BCUT2D eigenvalue weighted by Crippen LogP contribution is 2.49. The van der Waals surface area contributed by atoms with Crippen LogP contribution < -0.4 is 4.90 Å². The Morgan fingerprint density at radius 3 is 2.61 bits per heavy atom. The second-order valence-electron chi connectivity index (χ2n) is 4.97. The molecule has 0 radical (unpaired) electrons. The molecule has 1 aromatic rings. The summed E-state index contributed by atoms with van der Waals surface area (Å²) in [6.45, 7) is 0. The molecule has 0 amide bonds. The van der Waals surface area contributed by atoms with Crippen molar-refractivity contribution < 1.29 is 0 Å². The molecule has 3 aliphatic rings. The number of nitrogens with zero attached hydrogens (tertiary/aromatic N) is 2. The first-order valence-electron chi connectivity index (χ1n) is 6.62. The molecule has 3 heteroatoms. The van der Waals surface area contributed by atoms with Gasteiger partial charge in [-0.25, -0.2) is 0 Å². The zero-order valence-corrected chi connectivity index (χ0v) is 11.1. The van der Waals surface area contributed by atoms with Gasteiger partial charge in [-0.15, -0.1) is 0 Å². The molecule has 0 spiro atoms. The van der Waals surface area contributed by atoms with Crippen LogP contribution in [0.5, 0.6) is 0 Å². The maximum Gasteiger partial charge on any atom is 0.162 e. The van der Waals surface area contributed by atoms with Gasteiger partial charge in [0.25, 0.3) is 0 Å². The van der Waals surface area contributed by atoms with E-state index in [1.807, 2.05) is 11.8 Å². The van der Waals surface area contributed by atoms with Crippen LogP contribution in [-0.4, -0.2) is 10.4 Å². The predicted molar refractivity (Wildman–Crippen MR) is 76.8 cm³/mol. The Labute approximate surface area is 112 Å². The molecule has 1 atom stereocenters. The molecule has 0 fully saturated rings. The molecule has 1 aromatic carbocycles. The Kier molecular flexibility index (Phi) is 2.40. The molecule has 1 aliphatic carbocycles. The van der Waals surface area contributed by atoms with Crippen molar-refractivity contribution in [2.45, 2.75) is 31.2 Å². The second kappa shape index (κ2) is 4.09. The molecule has 0 bridgehead atoms. The smallest absolute Gasteiger partial charge is 0.162 e. The predicted octanol–water partition coefficient (Wildman–Crippen LogP) is 4.10. The first kappa shape index (κ1) is 10.6. The van der Waals surface area contributed by atoms with Gasteiger partial charge in [-0.2, -0.15) is 0 Å². The Hall–Kier alpha value is -1.35. The van der Waals surface area contributed by atoms with Crippen LogP contribution in [0.2, 0.25) is 0 Å². The van der Waals surface area contributed by atoms with E-state index in [-0.39, 0.29) is 0 Å². The molecule has 4 rings (SSSR count). The Morgan fingerprint density at radius 2 is 1.72 bits per heavy atom. The van der Waals surface area contributed by atoms with E-state index in [1.165, 1.54) is 31.4 Å². The van der Waals surface area contributed by atoms with Gasteiger partial charge in [0.15, 0.2) is 5.50 Å². The maximum atomic E-state index is 2.46. The fourth-order valence-corrected chi connectivity index (χ4v) is 4.44. The number of benzene rings is 1. The Morgan fingerprint density at radius 1 is 0.944 bits per heavy atom. The number of hydrogen-bond donors (Lipinski definition) is 0. The van der Waals surface area contributed by atoms with Gasteiger partial charge in [0, 0.05) is 28.7 Å². The monoisotopic (exact) mass is 256 g/mol. The van der Waals surface area contributed by atoms with Gasteiger partial charge in [-0.05, 0) is 37.8 Å². The van der Waals surface area contributed by atoms with Crippen LogP contribution in [0.4, 0.5) is 5.69 Å². The summed E-state index contributed by atoms with van der Waals surface area (Å²) >= 11 is 2.04. The van der Waals surface area contributed by atoms with Crippen LogP contribution in [0.3, 0.4) is 0 Å². The van der Waals surface area contributed by atoms with Gasteiger partial charge in [-0.3, -0.25) is 0 Å². The van der Waals surface area contributed by atoms with Crippen LogP contribution >= 0.6 is 11.8 Å². The van der Waals surface area contributed by atoms with E-state index >= 15 is 0 Å². The van der Waals surface area contributed by atoms with Crippen molar-refractivity contribution in [3.63, 3.8) is 0 Å². The lowest BCUT2D eigenvalue weighted by Gasteiger charge is -2.27. The number of anilines is 1.